The lowest BCUT2D eigenvalue weighted by molar-refractivity contribution is -0.116. The van der Waals surface area contributed by atoms with E-state index in [1.165, 1.54) is 12.1 Å². The Bertz CT molecular complexity index is 698. The second-order valence-electron chi connectivity index (χ2n) is 5.38. The summed E-state index contributed by atoms with van der Waals surface area (Å²) in [5.74, 6) is 1.06. The number of hydrogen-bond acceptors (Lipinski definition) is 4. The fraction of sp³-hybridized carbons (Fsp3) is 0.375. The van der Waals surface area contributed by atoms with E-state index in [1.54, 1.807) is 13.2 Å². The summed E-state index contributed by atoms with van der Waals surface area (Å²) >= 11 is 0. The number of aromatic nitrogens is 2. The average molecular weight is 303 g/mol. The average Bonchev–Trinajstić information content (AvgIpc) is 3.13. The Morgan fingerprint density at radius 1 is 1.45 bits per heavy atom. The van der Waals surface area contributed by atoms with E-state index in [9.17, 15) is 9.18 Å². The summed E-state index contributed by atoms with van der Waals surface area (Å²) in [5.41, 5.74) is 1.67. The predicted octanol–water partition coefficient (Wildman–Crippen LogP) is 2.64. The number of methoxy groups -OCH3 is 1. The number of halogens is 1. The smallest absolute Gasteiger partial charge is 0.154 e. The van der Waals surface area contributed by atoms with Crippen molar-refractivity contribution in [2.45, 2.75) is 25.8 Å². The van der Waals surface area contributed by atoms with Crippen LogP contribution >= 0.6 is 0 Å². The number of carbonyl (C=O) groups is 1. The molecule has 0 amide bonds. The summed E-state index contributed by atoms with van der Waals surface area (Å²) in [6.07, 6.45) is 1.16. The SMILES string of the molecule is CCc1cc(N2CC(=O)CC2c2cc(F)ccc2OC)n[nH]1. The molecule has 0 spiro atoms. The number of ether oxygens (including phenoxy) is 1. The van der Waals surface area contributed by atoms with Crippen LogP contribution in [0.3, 0.4) is 0 Å². The Kier molecular flexibility index (Phi) is 3.83. The molecule has 22 heavy (non-hydrogen) atoms. The zero-order valence-electron chi connectivity index (χ0n) is 12.6. The highest BCUT2D eigenvalue weighted by atomic mass is 19.1. The Morgan fingerprint density at radius 3 is 2.95 bits per heavy atom. The number of rotatable bonds is 4. The number of nitrogens with one attached hydrogen (secondary N) is 1. The molecule has 1 fully saturated rings. The molecule has 0 saturated carbocycles. The molecule has 1 aromatic heterocycles. The zero-order chi connectivity index (χ0) is 15.7. The highest BCUT2D eigenvalue weighted by molar-refractivity contribution is 5.88. The minimum absolute atomic E-state index is 0.109. The molecule has 1 unspecified atom stereocenters. The first kappa shape index (κ1) is 14.6. The van der Waals surface area contributed by atoms with Gasteiger partial charge in [-0.25, -0.2) is 4.39 Å². The van der Waals surface area contributed by atoms with Crippen molar-refractivity contribution in [2.75, 3.05) is 18.6 Å². The molecule has 6 heteroatoms. The van der Waals surface area contributed by atoms with Crippen LogP contribution < -0.4 is 9.64 Å². The van der Waals surface area contributed by atoms with Gasteiger partial charge in [-0.05, 0) is 24.6 Å². The maximum atomic E-state index is 13.6. The number of carbonyl (C=O) groups excluding carboxylic acids is 1. The molecule has 1 saturated heterocycles. The molecular formula is C16H18FN3O2. The van der Waals surface area contributed by atoms with Crippen molar-refractivity contribution in [1.29, 1.82) is 0 Å². The van der Waals surface area contributed by atoms with Crippen LogP contribution in [-0.4, -0.2) is 29.6 Å². The maximum absolute atomic E-state index is 13.6. The first-order chi connectivity index (χ1) is 10.6. The zero-order valence-corrected chi connectivity index (χ0v) is 12.6. The number of nitrogens with zero attached hydrogens (tertiary/aromatic N) is 2. The van der Waals surface area contributed by atoms with E-state index in [-0.39, 0.29) is 24.2 Å². The second kappa shape index (κ2) is 5.79. The van der Waals surface area contributed by atoms with Crippen LogP contribution in [-0.2, 0) is 11.2 Å². The van der Waals surface area contributed by atoms with Gasteiger partial charge in [-0.2, -0.15) is 5.10 Å². The standard InChI is InChI=1S/C16H18FN3O2/c1-3-11-7-16(19-18-11)20-9-12(21)8-14(20)13-6-10(17)4-5-15(13)22-2/h4-7,14H,3,8-9H2,1-2H3,(H,18,19). The van der Waals surface area contributed by atoms with E-state index in [1.807, 2.05) is 17.9 Å². The van der Waals surface area contributed by atoms with Gasteiger partial charge >= 0.3 is 0 Å². The number of ketones is 1. The normalized spacial score (nSPS) is 18.0. The van der Waals surface area contributed by atoms with Gasteiger partial charge in [0.05, 0.1) is 19.7 Å². The van der Waals surface area contributed by atoms with Gasteiger partial charge < -0.3 is 9.64 Å². The third-order valence-electron chi connectivity index (χ3n) is 3.99. The number of aromatic amines is 1. The summed E-state index contributed by atoms with van der Waals surface area (Å²) in [6, 6.07) is 6.05. The molecular weight excluding hydrogens is 285 g/mol. The van der Waals surface area contributed by atoms with Crippen LogP contribution in [0, 0.1) is 5.82 Å². The summed E-state index contributed by atoms with van der Waals surface area (Å²) in [5, 5.41) is 7.22. The van der Waals surface area contributed by atoms with Gasteiger partial charge in [0.25, 0.3) is 0 Å². The van der Waals surface area contributed by atoms with Gasteiger partial charge in [-0.15, -0.1) is 0 Å². The summed E-state index contributed by atoms with van der Waals surface area (Å²) < 4.78 is 19.0. The summed E-state index contributed by atoms with van der Waals surface area (Å²) in [6.45, 7) is 2.30. The summed E-state index contributed by atoms with van der Waals surface area (Å²) in [7, 11) is 1.54. The van der Waals surface area contributed by atoms with Crippen LogP contribution in [0.2, 0.25) is 0 Å². The third-order valence-corrected chi connectivity index (χ3v) is 3.99. The highest BCUT2D eigenvalue weighted by Crippen LogP contribution is 2.38. The molecule has 1 aliphatic heterocycles. The minimum Gasteiger partial charge on any atom is -0.496 e. The van der Waals surface area contributed by atoms with Crippen molar-refractivity contribution in [3.8, 4) is 5.75 Å². The molecule has 2 heterocycles. The monoisotopic (exact) mass is 303 g/mol. The Balaban J connectivity index is 2.00. The van der Waals surface area contributed by atoms with Crippen LogP contribution in [0.5, 0.6) is 5.75 Å². The van der Waals surface area contributed by atoms with E-state index in [0.717, 1.165) is 12.1 Å². The van der Waals surface area contributed by atoms with Gasteiger partial charge in [-0.1, -0.05) is 6.92 Å². The van der Waals surface area contributed by atoms with Gasteiger partial charge in [0.1, 0.15) is 11.6 Å². The second-order valence-corrected chi connectivity index (χ2v) is 5.38. The first-order valence-corrected chi connectivity index (χ1v) is 7.28. The lowest BCUT2D eigenvalue weighted by Crippen LogP contribution is -2.24. The quantitative estimate of drug-likeness (QED) is 0.943. The lowest BCUT2D eigenvalue weighted by Gasteiger charge is -2.25. The Labute approximate surface area is 128 Å². The van der Waals surface area contributed by atoms with E-state index in [4.69, 9.17) is 4.74 Å². The van der Waals surface area contributed by atoms with Gasteiger partial charge in [0.15, 0.2) is 11.6 Å². The minimum atomic E-state index is -0.341. The van der Waals surface area contributed by atoms with E-state index >= 15 is 0 Å². The molecule has 1 aromatic carbocycles. The maximum Gasteiger partial charge on any atom is 0.154 e. The van der Waals surface area contributed by atoms with E-state index in [0.29, 0.717) is 23.6 Å². The molecule has 0 radical (unpaired) electrons. The largest absolute Gasteiger partial charge is 0.496 e. The molecule has 1 atom stereocenters. The van der Waals surface area contributed by atoms with Crippen molar-refractivity contribution in [2.24, 2.45) is 0 Å². The Morgan fingerprint density at radius 2 is 2.27 bits per heavy atom. The molecule has 0 bridgehead atoms. The van der Waals surface area contributed by atoms with E-state index in [2.05, 4.69) is 10.2 Å². The fourth-order valence-corrected chi connectivity index (χ4v) is 2.85. The summed E-state index contributed by atoms with van der Waals surface area (Å²) in [4.78, 5) is 13.9. The van der Waals surface area contributed by atoms with E-state index < -0.39 is 0 Å². The van der Waals surface area contributed by atoms with Crippen LogP contribution in [0.4, 0.5) is 10.2 Å². The molecule has 3 rings (SSSR count). The van der Waals surface area contributed by atoms with Crippen molar-refractivity contribution in [3.63, 3.8) is 0 Å². The Hall–Kier alpha value is -2.37. The topological polar surface area (TPSA) is 58.2 Å². The highest BCUT2D eigenvalue weighted by Gasteiger charge is 2.35. The molecule has 5 nitrogen and oxygen atoms in total. The van der Waals surface area contributed by atoms with Gasteiger partial charge in [0.2, 0.25) is 0 Å². The van der Waals surface area contributed by atoms with Crippen LogP contribution in [0.15, 0.2) is 24.3 Å². The molecule has 116 valence electrons. The molecule has 1 N–H and O–H groups in total. The number of anilines is 1. The number of Topliss-reactive ketones (excluding diaryl/α,β-unsaturated/α-hetero) is 1. The van der Waals surface area contributed by atoms with Gasteiger partial charge in [0, 0.05) is 23.7 Å². The van der Waals surface area contributed by atoms with Crippen molar-refractivity contribution in [3.05, 3.63) is 41.3 Å². The number of benzene rings is 1. The number of hydrogen-bond donors (Lipinski definition) is 1. The van der Waals surface area contributed by atoms with Crippen molar-refractivity contribution >= 4 is 11.6 Å². The lowest BCUT2D eigenvalue weighted by atomic mass is 10.0. The molecule has 2 aromatic rings. The fourth-order valence-electron chi connectivity index (χ4n) is 2.85. The number of H-pyrrole nitrogens is 1. The predicted molar refractivity (Wildman–Crippen MR) is 80.6 cm³/mol. The van der Waals surface area contributed by atoms with Crippen LogP contribution in [0.1, 0.15) is 30.6 Å². The molecule has 1 aliphatic rings. The first-order valence-electron chi connectivity index (χ1n) is 7.28. The van der Waals surface area contributed by atoms with Gasteiger partial charge in [-0.3, -0.25) is 9.89 Å². The van der Waals surface area contributed by atoms with Crippen LogP contribution in [0.25, 0.3) is 0 Å². The molecule has 0 aliphatic carbocycles. The van der Waals surface area contributed by atoms with Crippen molar-refractivity contribution in [1.82, 2.24) is 10.2 Å². The third kappa shape index (κ3) is 2.56. The van der Waals surface area contributed by atoms with Crippen molar-refractivity contribution < 1.29 is 13.9 Å². The number of aryl methyl sites for hydroxylation is 1.